The van der Waals surface area contributed by atoms with Gasteiger partial charge in [-0.1, -0.05) is 30.3 Å². The van der Waals surface area contributed by atoms with Crippen molar-refractivity contribution in [2.45, 2.75) is 5.92 Å². The Labute approximate surface area is 138 Å². The first-order chi connectivity index (χ1) is 11.6. The molecule has 0 aliphatic carbocycles. The van der Waals surface area contributed by atoms with Crippen LogP contribution < -0.4 is 0 Å². The topological polar surface area (TPSA) is 85.2 Å². The first kappa shape index (κ1) is 15.7. The number of aromatic nitrogens is 1. The van der Waals surface area contributed by atoms with Gasteiger partial charge in [-0.05, 0) is 29.3 Å². The predicted molar refractivity (Wildman–Crippen MR) is 89.8 cm³/mol. The maximum absolute atomic E-state index is 11.5. The molecule has 0 spiro atoms. The fourth-order valence-corrected chi connectivity index (χ4v) is 2.88. The molecule has 0 aliphatic heterocycles. The van der Waals surface area contributed by atoms with Crippen LogP contribution in [0.5, 0.6) is 0 Å². The molecule has 0 saturated carbocycles. The van der Waals surface area contributed by atoms with Crippen molar-refractivity contribution in [2.75, 3.05) is 13.7 Å². The average Bonchev–Trinajstić information content (AvgIpc) is 3.03. The van der Waals surface area contributed by atoms with E-state index in [2.05, 4.69) is 9.72 Å². The number of carbonyl (C=O) groups excluding carboxylic acids is 1. The van der Waals surface area contributed by atoms with E-state index in [1.54, 1.807) is 24.3 Å². The van der Waals surface area contributed by atoms with Crippen LogP contribution in [0, 0.1) is 10.1 Å². The highest BCUT2D eigenvalue weighted by Crippen LogP contribution is 2.31. The minimum atomic E-state index is -0.431. The van der Waals surface area contributed by atoms with Gasteiger partial charge in [0.2, 0.25) is 6.54 Å². The molecule has 0 radical (unpaired) electrons. The monoisotopic (exact) mass is 324 g/mol. The van der Waals surface area contributed by atoms with E-state index < -0.39 is 11.9 Å². The van der Waals surface area contributed by atoms with Crippen molar-refractivity contribution in [2.24, 2.45) is 0 Å². The molecule has 24 heavy (non-hydrogen) atoms. The number of nitrogens with one attached hydrogen (secondary N) is 1. The zero-order chi connectivity index (χ0) is 17.1. The second-order valence-electron chi connectivity index (χ2n) is 5.47. The summed E-state index contributed by atoms with van der Waals surface area (Å²) in [4.78, 5) is 25.5. The zero-order valence-corrected chi connectivity index (χ0v) is 13.1. The van der Waals surface area contributed by atoms with Crippen molar-refractivity contribution in [1.29, 1.82) is 0 Å². The molecule has 1 atom stereocenters. The van der Waals surface area contributed by atoms with Crippen molar-refractivity contribution >= 4 is 16.9 Å². The van der Waals surface area contributed by atoms with Gasteiger partial charge < -0.3 is 9.72 Å². The number of aromatic amines is 1. The van der Waals surface area contributed by atoms with Gasteiger partial charge in [-0.3, -0.25) is 10.1 Å². The molecule has 6 heteroatoms. The number of fused-ring (bicyclic) bond motifs is 1. The summed E-state index contributed by atoms with van der Waals surface area (Å²) in [5.41, 5.74) is 3.00. The summed E-state index contributed by atoms with van der Waals surface area (Å²) in [5.74, 6) is -0.831. The third-order valence-corrected chi connectivity index (χ3v) is 4.06. The number of H-pyrrole nitrogens is 1. The minimum absolute atomic E-state index is 0.223. The molecule has 0 aliphatic rings. The van der Waals surface area contributed by atoms with Crippen LogP contribution in [0.25, 0.3) is 10.9 Å². The van der Waals surface area contributed by atoms with E-state index in [1.807, 2.05) is 30.5 Å². The van der Waals surface area contributed by atoms with Gasteiger partial charge in [-0.2, -0.15) is 0 Å². The zero-order valence-electron chi connectivity index (χ0n) is 13.1. The Morgan fingerprint density at radius 3 is 2.58 bits per heavy atom. The molecule has 6 nitrogen and oxygen atoms in total. The molecule has 0 saturated heterocycles. The third kappa shape index (κ3) is 2.99. The molecular formula is C18H16N2O4. The lowest BCUT2D eigenvalue weighted by atomic mass is 9.90. The normalized spacial score (nSPS) is 12.0. The molecule has 3 rings (SSSR count). The highest BCUT2D eigenvalue weighted by molar-refractivity contribution is 5.89. The Morgan fingerprint density at radius 2 is 1.92 bits per heavy atom. The second-order valence-corrected chi connectivity index (χ2v) is 5.47. The van der Waals surface area contributed by atoms with Gasteiger partial charge in [-0.15, -0.1) is 0 Å². The molecule has 0 bridgehead atoms. The molecule has 0 unspecified atom stereocenters. The summed E-state index contributed by atoms with van der Waals surface area (Å²) in [6, 6.07) is 14.4. The van der Waals surface area contributed by atoms with Gasteiger partial charge in [0.1, 0.15) is 0 Å². The van der Waals surface area contributed by atoms with Gasteiger partial charge in [0.05, 0.1) is 18.6 Å². The Bertz CT molecular complexity index is 883. The summed E-state index contributed by atoms with van der Waals surface area (Å²) in [7, 11) is 1.32. The number of hydrogen-bond acceptors (Lipinski definition) is 4. The fourth-order valence-electron chi connectivity index (χ4n) is 2.88. The van der Waals surface area contributed by atoms with E-state index >= 15 is 0 Å². The number of benzene rings is 2. The van der Waals surface area contributed by atoms with Crippen molar-refractivity contribution in [3.8, 4) is 0 Å². The minimum Gasteiger partial charge on any atom is -0.465 e. The van der Waals surface area contributed by atoms with Gasteiger partial charge in [0, 0.05) is 22.0 Å². The van der Waals surface area contributed by atoms with Gasteiger partial charge in [-0.25, -0.2) is 4.79 Å². The highest BCUT2D eigenvalue weighted by atomic mass is 16.6. The van der Waals surface area contributed by atoms with E-state index in [9.17, 15) is 14.9 Å². The number of nitro groups is 1. The average molecular weight is 324 g/mol. The lowest BCUT2D eigenvalue weighted by Gasteiger charge is -2.13. The number of hydrogen-bond donors (Lipinski definition) is 1. The van der Waals surface area contributed by atoms with E-state index in [4.69, 9.17) is 0 Å². The lowest BCUT2D eigenvalue weighted by Crippen LogP contribution is -2.14. The standard InChI is InChI=1S/C18H16N2O4/c1-24-18(21)13-8-6-12(7-9-13)16(11-20(22)23)15-10-19-17-5-3-2-4-14(15)17/h2-10,16,19H,11H2,1H3/t16-/m0/s1. The van der Waals surface area contributed by atoms with Gasteiger partial charge >= 0.3 is 5.97 Å². The Morgan fingerprint density at radius 1 is 1.21 bits per heavy atom. The first-order valence-electron chi connectivity index (χ1n) is 7.46. The van der Waals surface area contributed by atoms with Gasteiger partial charge in [0.15, 0.2) is 0 Å². The van der Waals surface area contributed by atoms with E-state index in [0.717, 1.165) is 22.0 Å². The van der Waals surface area contributed by atoms with Crippen LogP contribution in [0.2, 0.25) is 0 Å². The van der Waals surface area contributed by atoms with E-state index in [0.29, 0.717) is 5.56 Å². The first-order valence-corrected chi connectivity index (χ1v) is 7.46. The number of ether oxygens (including phenoxy) is 1. The number of para-hydroxylation sites is 1. The number of nitrogens with zero attached hydrogens (tertiary/aromatic N) is 1. The molecule has 122 valence electrons. The van der Waals surface area contributed by atoms with Crippen LogP contribution in [0.4, 0.5) is 0 Å². The summed E-state index contributed by atoms with van der Waals surface area (Å²) < 4.78 is 4.68. The molecule has 0 fully saturated rings. The van der Waals surface area contributed by atoms with Gasteiger partial charge in [0.25, 0.3) is 0 Å². The third-order valence-electron chi connectivity index (χ3n) is 4.06. The van der Waals surface area contributed by atoms with Crippen molar-refractivity contribution in [1.82, 2.24) is 4.98 Å². The number of carbonyl (C=O) groups is 1. The van der Waals surface area contributed by atoms with Crippen LogP contribution in [-0.4, -0.2) is 29.5 Å². The van der Waals surface area contributed by atoms with Crippen LogP contribution in [0.15, 0.2) is 54.7 Å². The highest BCUT2D eigenvalue weighted by Gasteiger charge is 2.23. The SMILES string of the molecule is COC(=O)c1ccc([C@H](C[N+](=O)[O-])c2c[nH]c3ccccc23)cc1. The quantitative estimate of drug-likeness (QED) is 0.443. The second kappa shape index (κ2) is 6.54. The van der Waals surface area contributed by atoms with Crippen LogP contribution in [0.1, 0.15) is 27.4 Å². The fraction of sp³-hybridized carbons (Fsp3) is 0.167. The maximum Gasteiger partial charge on any atom is 0.337 e. The van der Waals surface area contributed by atoms with Crippen LogP contribution in [0.3, 0.4) is 0 Å². The largest absolute Gasteiger partial charge is 0.465 e. The molecular weight excluding hydrogens is 308 g/mol. The molecule has 3 aromatic rings. The summed E-state index contributed by atoms with van der Waals surface area (Å²) >= 11 is 0. The van der Waals surface area contributed by atoms with E-state index in [-0.39, 0.29) is 11.5 Å². The van der Waals surface area contributed by atoms with Crippen molar-refractivity contribution in [3.05, 3.63) is 81.5 Å². The summed E-state index contributed by atoms with van der Waals surface area (Å²) in [6.45, 7) is -0.223. The van der Waals surface area contributed by atoms with Crippen molar-refractivity contribution in [3.63, 3.8) is 0 Å². The molecule has 1 N–H and O–H groups in total. The summed E-state index contributed by atoms with van der Waals surface area (Å²) in [6.07, 6.45) is 1.81. The molecule has 1 heterocycles. The molecule has 2 aromatic carbocycles. The maximum atomic E-state index is 11.5. The number of methoxy groups -OCH3 is 1. The van der Waals surface area contributed by atoms with Crippen molar-refractivity contribution < 1.29 is 14.5 Å². The smallest absolute Gasteiger partial charge is 0.337 e. The number of esters is 1. The predicted octanol–water partition coefficient (Wildman–Crippen LogP) is 3.36. The molecule has 0 amide bonds. The Kier molecular flexibility index (Phi) is 4.29. The van der Waals surface area contributed by atoms with E-state index in [1.165, 1.54) is 7.11 Å². The Hall–Kier alpha value is -3.15. The summed E-state index contributed by atoms with van der Waals surface area (Å²) in [5, 5.41) is 12.1. The Balaban J connectivity index is 2.03. The van der Waals surface area contributed by atoms with Crippen LogP contribution in [-0.2, 0) is 4.74 Å². The van der Waals surface area contributed by atoms with Crippen LogP contribution >= 0.6 is 0 Å². The lowest BCUT2D eigenvalue weighted by molar-refractivity contribution is -0.481. The molecule has 1 aromatic heterocycles. The number of rotatable bonds is 5.